The summed E-state index contributed by atoms with van der Waals surface area (Å²) in [4.78, 5) is 10.5. The maximum absolute atomic E-state index is 5.29. The Bertz CT molecular complexity index is 685. The van der Waals surface area contributed by atoms with Crippen molar-refractivity contribution in [3.8, 4) is 0 Å². The quantitative estimate of drug-likeness (QED) is 0.399. The molecule has 2 heterocycles. The molecule has 25 heavy (non-hydrogen) atoms. The normalized spacial score (nSPS) is 17.8. The number of fused-ring (bicyclic) bond motifs is 1. The summed E-state index contributed by atoms with van der Waals surface area (Å²) < 4.78 is 5.29. The first-order valence-corrected chi connectivity index (χ1v) is 8.89. The van der Waals surface area contributed by atoms with Gasteiger partial charge in [0.25, 0.3) is 0 Å². The third-order valence-electron chi connectivity index (χ3n) is 4.64. The van der Waals surface area contributed by atoms with Crippen LogP contribution in [0.1, 0.15) is 18.9 Å². The molecule has 1 saturated heterocycles. The zero-order valence-electron chi connectivity index (χ0n) is 15.1. The number of likely N-dealkylation sites (tertiary alicyclic amines) is 1. The number of guanidine groups is 1. The van der Waals surface area contributed by atoms with Crippen LogP contribution in [0.25, 0.3) is 10.9 Å². The van der Waals surface area contributed by atoms with Crippen molar-refractivity contribution in [3.05, 3.63) is 36.0 Å². The summed E-state index contributed by atoms with van der Waals surface area (Å²) in [5.41, 5.74) is 2.54. The number of rotatable bonds is 6. The zero-order valence-corrected chi connectivity index (χ0v) is 17.5. The Morgan fingerprint density at radius 1 is 1.40 bits per heavy atom. The number of aromatic amines is 1. The van der Waals surface area contributed by atoms with Crippen LogP contribution in [0.15, 0.2) is 35.5 Å². The first-order chi connectivity index (χ1) is 11.8. The highest BCUT2D eigenvalue weighted by Crippen LogP contribution is 2.19. The van der Waals surface area contributed by atoms with E-state index in [1.807, 2.05) is 0 Å². The summed E-state index contributed by atoms with van der Waals surface area (Å²) in [5, 5.41) is 4.74. The summed E-state index contributed by atoms with van der Waals surface area (Å²) in [7, 11) is 1.78. The lowest BCUT2D eigenvalue weighted by Gasteiger charge is -2.21. The smallest absolute Gasteiger partial charge is 0.193 e. The second-order valence-corrected chi connectivity index (χ2v) is 6.40. The highest BCUT2D eigenvalue weighted by atomic mass is 127. The van der Waals surface area contributed by atoms with Gasteiger partial charge in [0, 0.05) is 56.3 Å². The van der Waals surface area contributed by atoms with E-state index >= 15 is 0 Å². The largest absolute Gasteiger partial charge is 0.384 e. The third-order valence-corrected chi connectivity index (χ3v) is 4.64. The molecular weight excluding hydrogens is 427 g/mol. The zero-order chi connectivity index (χ0) is 16.8. The average molecular weight is 456 g/mol. The molecule has 0 spiro atoms. The van der Waals surface area contributed by atoms with Crippen LogP contribution in [0, 0.1) is 5.92 Å². The predicted octanol–water partition coefficient (Wildman–Crippen LogP) is 3.26. The second kappa shape index (κ2) is 10.0. The highest BCUT2D eigenvalue weighted by Gasteiger charge is 2.24. The van der Waals surface area contributed by atoms with Gasteiger partial charge in [0.15, 0.2) is 5.96 Å². The molecule has 1 atom stereocenters. The molecule has 0 radical (unpaired) electrons. The fourth-order valence-electron chi connectivity index (χ4n) is 3.44. The number of halogens is 1. The minimum atomic E-state index is 0. The number of ether oxygens (including phenoxy) is 1. The van der Waals surface area contributed by atoms with Gasteiger partial charge in [0.2, 0.25) is 0 Å². The molecule has 138 valence electrons. The highest BCUT2D eigenvalue weighted by molar-refractivity contribution is 14.0. The summed E-state index contributed by atoms with van der Waals surface area (Å²) in [5.74, 6) is 1.66. The monoisotopic (exact) mass is 456 g/mol. The van der Waals surface area contributed by atoms with Gasteiger partial charge >= 0.3 is 0 Å². The number of methoxy groups -OCH3 is 1. The number of benzene rings is 1. The Hall–Kier alpha value is -1.28. The Morgan fingerprint density at radius 3 is 3.04 bits per heavy atom. The fraction of sp³-hybridized carbons (Fsp3) is 0.526. The standard InChI is InChI=1S/C19H28N4O.HI/c1-3-20-19(23-11-9-15(13-23)14-24-2)21-10-8-16-12-22-18-7-5-4-6-17(16)18;/h4-7,12,15,22H,3,8-11,13-14H2,1-2H3,(H,20,21);1H. The van der Waals surface area contributed by atoms with Crippen molar-refractivity contribution in [3.63, 3.8) is 0 Å². The van der Waals surface area contributed by atoms with Gasteiger partial charge in [-0.3, -0.25) is 4.99 Å². The molecule has 2 N–H and O–H groups in total. The molecule has 3 rings (SSSR count). The summed E-state index contributed by atoms with van der Waals surface area (Å²) in [6.07, 6.45) is 4.24. The minimum absolute atomic E-state index is 0. The molecule has 0 aliphatic carbocycles. The van der Waals surface area contributed by atoms with Crippen LogP contribution in [0.3, 0.4) is 0 Å². The van der Waals surface area contributed by atoms with Gasteiger partial charge in [0.05, 0.1) is 6.61 Å². The van der Waals surface area contributed by atoms with E-state index in [1.165, 1.54) is 22.9 Å². The van der Waals surface area contributed by atoms with Crippen molar-refractivity contribution in [2.45, 2.75) is 19.8 Å². The number of para-hydroxylation sites is 1. The van der Waals surface area contributed by atoms with Crippen molar-refractivity contribution in [1.29, 1.82) is 0 Å². The lowest BCUT2D eigenvalue weighted by molar-refractivity contribution is 0.157. The molecule has 1 unspecified atom stereocenters. The Kier molecular flexibility index (Phi) is 8.02. The SMILES string of the molecule is CCNC(=NCCc1c[nH]c2ccccc12)N1CCC(COC)C1.I. The van der Waals surface area contributed by atoms with Crippen molar-refractivity contribution in [2.75, 3.05) is 39.9 Å². The van der Waals surface area contributed by atoms with Crippen molar-refractivity contribution in [1.82, 2.24) is 15.2 Å². The van der Waals surface area contributed by atoms with E-state index in [0.717, 1.165) is 45.2 Å². The van der Waals surface area contributed by atoms with E-state index in [2.05, 4.69) is 52.6 Å². The lowest BCUT2D eigenvalue weighted by atomic mass is 10.1. The Morgan fingerprint density at radius 2 is 2.24 bits per heavy atom. The number of nitrogens with one attached hydrogen (secondary N) is 2. The molecule has 1 fully saturated rings. The summed E-state index contributed by atoms with van der Waals surface area (Å²) in [6, 6.07) is 8.44. The van der Waals surface area contributed by atoms with Crippen molar-refractivity contribution in [2.24, 2.45) is 10.9 Å². The van der Waals surface area contributed by atoms with Gasteiger partial charge in [0.1, 0.15) is 0 Å². The predicted molar refractivity (Wildman–Crippen MR) is 115 cm³/mol. The van der Waals surface area contributed by atoms with Crippen LogP contribution in [0.2, 0.25) is 0 Å². The molecule has 1 aliphatic rings. The van der Waals surface area contributed by atoms with Gasteiger partial charge in [-0.1, -0.05) is 18.2 Å². The van der Waals surface area contributed by atoms with E-state index in [1.54, 1.807) is 7.11 Å². The van der Waals surface area contributed by atoms with Gasteiger partial charge in [-0.05, 0) is 31.4 Å². The van der Waals surface area contributed by atoms with Crippen LogP contribution in [0.4, 0.5) is 0 Å². The van der Waals surface area contributed by atoms with E-state index in [-0.39, 0.29) is 24.0 Å². The van der Waals surface area contributed by atoms with Gasteiger partial charge in [-0.2, -0.15) is 0 Å². The lowest BCUT2D eigenvalue weighted by Crippen LogP contribution is -2.40. The maximum Gasteiger partial charge on any atom is 0.193 e. The third kappa shape index (κ3) is 5.10. The molecule has 2 aromatic rings. The average Bonchev–Trinajstić information content (AvgIpc) is 3.22. The molecule has 0 amide bonds. The number of aliphatic imine (C=N–C) groups is 1. The molecule has 1 aromatic carbocycles. The van der Waals surface area contributed by atoms with Crippen LogP contribution in [-0.4, -0.2) is 55.7 Å². The number of nitrogens with zero attached hydrogens (tertiary/aromatic N) is 2. The number of hydrogen-bond acceptors (Lipinski definition) is 2. The molecule has 0 saturated carbocycles. The molecule has 5 nitrogen and oxygen atoms in total. The van der Waals surface area contributed by atoms with E-state index < -0.39 is 0 Å². The molecular formula is C19H29IN4O. The first kappa shape index (κ1) is 20.0. The van der Waals surface area contributed by atoms with Gasteiger partial charge in [-0.15, -0.1) is 24.0 Å². The van der Waals surface area contributed by atoms with Crippen LogP contribution >= 0.6 is 24.0 Å². The van der Waals surface area contributed by atoms with E-state index in [9.17, 15) is 0 Å². The number of aromatic nitrogens is 1. The molecule has 1 aliphatic heterocycles. The Labute approximate surface area is 167 Å². The van der Waals surface area contributed by atoms with Crippen molar-refractivity contribution >= 4 is 40.8 Å². The van der Waals surface area contributed by atoms with Gasteiger partial charge in [-0.25, -0.2) is 0 Å². The minimum Gasteiger partial charge on any atom is -0.384 e. The van der Waals surface area contributed by atoms with E-state index in [4.69, 9.17) is 9.73 Å². The van der Waals surface area contributed by atoms with E-state index in [0.29, 0.717) is 5.92 Å². The van der Waals surface area contributed by atoms with Gasteiger partial charge < -0.3 is 19.9 Å². The molecule has 6 heteroatoms. The summed E-state index contributed by atoms with van der Waals surface area (Å²) in [6.45, 7) is 6.76. The van der Waals surface area contributed by atoms with Crippen molar-refractivity contribution < 1.29 is 4.74 Å². The Balaban J connectivity index is 0.00000225. The molecule has 0 bridgehead atoms. The molecule has 1 aromatic heterocycles. The van der Waals surface area contributed by atoms with Crippen LogP contribution in [-0.2, 0) is 11.2 Å². The maximum atomic E-state index is 5.29. The van der Waals surface area contributed by atoms with Crippen LogP contribution < -0.4 is 5.32 Å². The fourth-order valence-corrected chi connectivity index (χ4v) is 3.44. The first-order valence-electron chi connectivity index (χ1n) is 8.89. The summed E-state index contributed by atoms with van der Waals surface area (Å²) >= 11 is 0. The van der Waals surface area contributed by atoms with Crippen LogP contribution in [0.5, 0.6) is 0 Å². The number of H-pyrrole nitrogens is 1. The second-order valence-electron chi connectivity index (χ2n) is 6.40. The number of hydrogen-bond donors (Lipinski definition) is 2. The topological polar surface area (TPSA) is 52.7 Å².